The second kappa shape index (κ2) is 6.20. The summed E-state index contributed by atoms with van der Waals surface area (Å²) in [4.78, 5) is 11.4. The third-order valence-electron chi connectivity index (χ3n) is 2.37. The number of nitrogens with zero attached hydrogens (tertiary/aromatic N) is 2. The molecule has 0 bridgehead atoms. The van der Waals surface area contributed by atoms with Gasteiger partial charge in [0.25, 0.3) is 0 Å². The molecule has 1 amide bonds. The Kier molecular flexibility index (Phi) is 4.89. The number of hydrogen-bond donors (Lipinski definition) is 1. The monoisotopic (exact) mass is 221 g/mol. The number of carbonyl (C=O) groups excluding carboxylic acids is 1. The van der Waals surface area contributed by atoms with Crippen molar-refractivity contribution in [2.75, 3.05) is 0 Å². The van der Waals surface area contributed by atoms with Gasteiger partial charge in [-0.3, -0.25) is 4.79 Å². The van der Waals surface area contributed by atoms with E-state index in [0.717, 1.165) is 18.5 Å². The number of aromatic nitrogens is 2. The van der Waals surface area contributed by atoms with Crippen LogP contribution in [0.4, 0.5) is 0 Å². The molecule has 4 heteroatoms. The smallest absolute Gasteiger partial charge is 0.222 e. The summed E-state index contributed by atoms with van der Waals surface area (Å²) < 4.78 is 0. The van der Waals surface area contributed by atoms with Crippen LogP contribution in [0.3, 0.4) is 0 Å². The maximum Gasteiger partial charge on any atom is 0.222 e. The van der Waals surface area contributed by atoms with Crippen LogP contribution in [0.15, 0.2) is 12.3 Å². The van der Waals surface area contributed by atoms with Gasteiger partial charge >= 0.3 is 0 Å². The summed E-state index contributed by atoms with van der Waals surface area (Å²) in [7, 11) is 0. The van der Waals surface area contributed by atoms with E-state index in [1.165, 1.54) is 5.56 Å². The van der Waals surface area contributed by atoms with Gasteiger partial charge in [-0.1, -0.05) is 27.2 Å². The minimum absolute atomic E-state index is 0.00583. The first-order chi connectivity index (χ1) is 7.65. The van der Waals surface area contributed by atoms with Gasteiger partial charge in [-0.2, -0.15) is 10.2 Å². The van der Waals surface area contributed by atoms with Crippen molar-refractivity contribution in [3.8, 4) is 0 Å². The summed E-state index contributed by atoms with van der Waals surface area (Å²) in [6.07, 6.45) is 3.73. The third kappa shape index (κ3) is 3.61. The number of nitrogens with one attached hydrogen (secondary N) is 1. The Morgan fingerprint density at radius 3 is 2.88 bits per heavy atom. The van der Waals surface area contributed by atoms with Gasteiger partial charge in [0.1, 0.15) is 0 Å². The molecule has 16 heavy (non-hydrogen) atoms. The van der Waals surface area contributed by atoms with E-state index in [9.17, 15) is 4.79 Å². The zero-order valence-electron chi connectivity index (χ0n) is 10.2. The van der Waals surface area contributed by atoms with E-state index < -0.39 is 0 Å². The van der Waals surface area contributed by atoms with E-state index >= 15 is 0 Å². The van der Waals surface area contributed by atoms with E-state index in [1.807, 2.05) is 19.9 Å². The second-order valence-corrected chi connectivity index (χ2v) is 4.13. The van der Waals surface area contributed by atoms with Crippen LogP contribution in [0.1, 0.15) is 38.4 Å². The van der Waals surface area contributed by atoms with Crippen molar-refractivity contribution in [2.45, 2.75) is 40.2 Å². The Hall–Kier alpha value is -1.45. The highest BCUT2D eigenvalue weighted by atomic mass is 16.1. The molecule has 0 aromatic carbocycles. The SMILES string of the molecule is CCCc1ccnnc1CNC(=O)C(C)C. The minimum Gasteiger partial charge on any atom is -0.350 e. The molecule has 1 rings (SSSR count). The van der Waals surface area contributed by atoms with E-state index in [4.69, 9.17) is 0 Å². The molecule has 0 saturated carbocycles. The van der Waals surface area contributed by atoms with Crippen molar-refractivity contribution < 1.29 is 4.79 Å². The Bertz CT molecular complexity index is 350. The highest BCUT2D eigenvalue weighted by Gasteiger charge is 2.08. The van der Waals surface area contributed by atoms with Gasteiger partial charge in [0.15, 0.2) is 0 Å². The van der Waals surface area contributed by atoms with E-state index in [1.54, 1.807) is 6.20 Å². The lowest BCUT2D eigenvalue weighted by Gasteiger charge is -2.09. The first-order valence-electron chi connectivity index (χ1n) is 5.72. The molecule has 0 radical (unpaired) electrons. The van der Waals surface area contributed by atoms with Gasteiger partial charge in [0.2, 0.25) is 5.91 Å². The van der Waals surface area contributed by atoms with Crippen molar-refractivity contribution in [1.82, 2.24) is 15.5 Å². The van der Waals surface area contributed by atoms with E-state index in [2.05, 4.69) is 22.4 Å². The lowest BCUT2D eigenvalue weighted by Crippen LogP contribution is -2.28. The summed E-state index contributed by atoms with van der Waals surface area (Å²) in [6, 6.07) is 1.97. The van der Waals surface area contributed by atoms with Crippen LogP contribution < -0.4 is 5.32 Å². The molecule has 0 atom stereocenters. The largest absolute Gasteiger partial charge is 0.350 e. The van der Waals surface area contributed by atoms with Gasteiger partial charge in [-0.05, 0) is 18.1 Å². The molecule has 0 fully saturated rings. The van der Waals surface area contributed by atoms with E-state index in [0.29, 0.717) is 6.54 Å². The maximum atomic E-state index is 11.4. The van der Waals surface area contributed by atoms with Gasteiger partial charge in [-0.15, -0.1) is 0 Å². The predicted molar refractivity (Wildman–Crippen MR) is 62.7 cm³/mol. The Morgan fingerprint density at radius 2 is 2.25 bits per heavy atom. The average molecular weight is 221 g/mol. The normalized spacial score (nSPS) is 10.5. The second-order valence-electron chi connectivity index (χ2n) is 4.13. The molecular formula is C12H19N3O. The van der Waals surface area contributed by atoms with Crippen LogP contribution in [-0.4, -0.2) is 16.1 Å². The summed E-state index contributed by atoms with van der Waals surface area (Å²) in [5, 5.41) is 10.8. The standard InChI is InChI=1S/C12H19N3O/c1-4-5-10-6-7-14-15-11(10)8-13-12(16)9(2)3/h6-7,9H,4-5,8H2,1-3H3,(H,13,16). The first kappa shape index (κ1) is 12.6. The highest BCUT2D eigenvalue weighted by molar-refractivity contribution is 5.77. The molecule has 0 spiro atoms. The van der Waals surface area contributed by atoms with Crippen molar-refractivity contribution in [3.63, 3.8) is 0 Å². The predicted octanol–water partition coefficient (Wildman–Crippen LogP) is 1.70. The third-order valence-corrected chi connectivity index (χ3v) is 2.37. The van der Waals surface area contributed by atoms with Gasteiger partial charge in [-0.25, -0.2) is 0 Å². The molecular weight excluding hydrogens is 202 g/mol. The van der Waals surface area contributed by atoms with Crippen LogP contribution in [0.2, 0.25) is 0 Å². The number of aryl methyl sites for hydroxylation is 1. The summed E-state index contributed by atoms with van der Waals surface area (Å²) in [5.74, 6) is 0.0550. The molecule has 1 aromatic heterocycles. The molecule has 0 aliphatic rings. The topological polar surface area (TPSA) is 54.9 Å². The van der Waals surface area contributed by atoms with Gasteiger partial charge in [0.05, 0.1) is 12.2 Å². The number of rotatable bonds is 5. The Morgan fingerprint density at radius 1 is 1.50 bits per heavy atom. The molecule has 0 aliphatic heterocycles. The fraction of sp³-hybridized carbons (Fsp3) is 0.583. The Labute approximate surface area is 96.5 Å². The zero-order valence-corrected chi connectivity index (χ0v) is 10.2. The average Bonchev–Trinajstić information content (AvgIpc) is 2.27. The summed E-state index contributed by atoms with van der Waals surface area (Å²) >= 11 is 0. The number of carbonyl (C=O) groups is 1. The molecule has 0 unspecified atom stereocenters. The molecule has 88 valence electrons. The van der Waals surface area contributed by atoms with Crippen molar-refractivity contribution in [2.24, 2.45) is 5.92 Å². The lowest BCUT2D eigenvalue weighted by atomic mass is 10.1. The quantitative estimate of drug-likeness (QED) is 0.823. The zero-order chi connectivity index (χ0) is 12.0. The van der Waals surface area contributed by atoms with E-state index in [-0.39, 0.29) is 11.8 Å². The molecule has 1 heterocycles. The minimum atomic E-state index is 0.00583. The first-order valence-corrected chi connectivity index (χ1v) is 5.72. The number of amides is 1. The fourth-order valence-corrected chi connectivity index (χ4v) is 1.41. The van der Waals surface area contributed by atoms with Crippen LogP contribution in [0.25, 0.3) is 0 Å². The van der Waals surface area contributed by atoms with Crippen molar-refractivity contribution in [3.05, 3.63) is 23.5 Å². The molecule has 4 nitrogen and oxygen atoms in total. The molecule has 1 aromatic rings. The molecule has 0 aliphatic carbocycles. The molecule has 0 saturated heterocycles. The van der Waals surface area contributed by atoms with Gasteiger partial charge in [0, 0.05) is 12.1 Å². The maximum absolute atomic E-state index is 11.4. The van der Waals surface area contributed by atoms with Crippen LogP contribution in [0.5, 0.6) is 0 Å². The highest BCUT2D eigenvalue weighted by Crippen LogP contribution is 2.07. The van der Waals surface area contributed by atoms with Gasteiger partial charge < -0.3 is 5.32 Å². The Balaban J connectivity index is 2.62. The lowest BCUT2D eigenvalue weighted by molar-refractivity contribution is -0.124. The van der Waals surface area contributed by atoms with Crippen molar-refractivity contribution in [1.29, 1.82) is 0 Å². The number of hydrogen-bond acceptors (Lipinski definition) is 3. The fourth-order valence-electron chi connectivity index (χ4n) is 1.41. The van der Waals surface area contributed by atoms with Crippen LogP contribution in [-0.2, 0) is 17.8 Å². The summed E-state index contributed by atoms with van der Waals surface area (Å²) in [5.41, 5.74) is 2.04. The summed E-state index contributed by atoms with van der Waals surface area (Å²) in [6.45, 7) is 6.34. The molecule has 1 N–H and O–H groups in total. The van der Waals surface area contributed by atoms with Crippen LogP contribution >= 0.6 is 0 Å². The van der Waals surface area contributed by atoms with Crippen molar-refractivity contribution >= 4 is 5.91 Å². The van der Waals surface area contributed by atoms with Crippen LogP contribution in [0, 0.1) is 5.92 Å².